The standard InChI is InChI=1S/C15H26N2O3/c1-3-13-6-5-7-17-15(13)11-16-10-14(18)12-20-9-8-19-4-2/h5-7,14,16,18H,3-4,8-12H2,1-2H3. The average molecular weight is 282 g/mol. The number of ether oxygens (including phenoxy) is 2. The number of aromatic nitrogens is 1. The zero-order chi connectivity index (χ0) is 14.6. The molecule has 1 atom stereocenters. The number of aliphatic hydroxyl groups is 1. The number of aliphatic hydroxyl groups excluding tert-OH is 1. The number of hydrogen-bond donors (Lipinski definition) is 2. The second-order valence-electron chi connectivity index (χ2n) is 4.52. The van der Waals surface area contributed by atoms with Crippen molar-refractivity contribution < 1.29 is 14.6 Å². The smallest absolute Gasteiger partial charge is 0.0897 e. The maximum atomic E-state index is 9.76. The second-order valence-corrected chi connectivity index (χ2v) is 4.52. The molecule has 1 heterocycles. The topological polar surface area (TPSA) is 63.6 Å². The van der Waals surface area contributed by atoms with E-state index >= 15 is 0 Å². The molecule has 0 amide bonds. The Morgan fingerprint density at radius 3 is 2.85 bits per heavy atom. The van der Waals surface area contributed by atoms with Crippen molar-refractivity contribution in [3.8, 4) is 0 Å². The molecular weight excluding hydrogens is 256 g/mol. The van der Waals surface area contributed by atoms with E-state index < -0.39 is 6.10 Å². The zero-order valence-electron chi connectivity index (χ0n) is 12.5. The Bertz CT molecular complexity index is 361. The summed E-state index contributed by atoms with van der Waals surface area (Å²) in [5.41, 5.74) is 2.28. The summed E-state index contributed by atoms with van der Waals surface area (Å²) in [6.45, 7) is 7.33. The lowest BCUT2D eigenvalue weighted by Crippen LogP contribution is -2.31. The van der Waals surface area contributed by atoms with Crippen LogP contribution in [0.15, 0.2) is 18.3 Å². The van der Waals surface area contributed by atoms with E-state index in [1.54, 1.807) is 6.20 Å². The third-order valence-corrected chi connectivity index (χ3v) is 2.92. The zero-order valence-corrected chi connectivity index (χ0v) is 12.5. The van der Waals surface area contributed by atoms with Gasteiger partial charge in [0.25, 0.3) is 0 Å². The van der Waals surface area contributed by atoms with Gasteiger partial charge in [-0.25, -0.2) is 0 Å². The molecule has 0 aliphatic heterocycles. The molecule has 20 heavy (non-hydrogen) atoms. The molecule has 5 heteroatoms. The summed E-state index contributed by atoms with van der Waals surface area (Å²) >= 11 is 0. The maximum Gasteiger partial charge on any atom is 0.0897 e. The normalized spacial score (nSPS) is 12.6. The first-order valence-corrected chi connectivity index (χ1v) is 7.24. The fraction of sp³-hybridized carbons (Fsp3) is 0.667. The van der Waals surface area contributed by atoms with Crippen molar-refractivity contribution in [1.29, 1.82) is 0 Å². The fourth-order valence-corrected chi connectivity index (χ4v) is 1.85. The molecular formula is C15H26N2O3. The van der Waals surface area contributed by atoms with E-state index in [0.717, 1.165) is 12.1 Å². The number of nitrogens with zero attached hydrogens (tertiary/aromatic N) is 1. The maximum absolute atomic E-state index is 9.76. The van der Waals surface area contributed by atoms with Crippen LogP contribution in [0.1, 0.15) is 25.1 Å². The van der Waals surface area contributed by atoms with Crippen molar-refractivity contribution in [3.63, 3.8) is 0 Å². The van der Waals surface area contributed by atoms with E-state index in [-0.39, 0.29) is 0 Å². The molecule has 0 radical (unpaired) electrons. The molecule has 1 aromatic rings. The van der Waals surface area contributed by atoms with Gasteiger partial charge in [-0.05, 0) is 25.0 Å². The van der Waals surface area contributed by atoms with Crippen LogP contribution in [-0.2, 0) is 22.4 Å². The quantitative estimate of drug-likeness (QED) is 0.596. The third-order valence-electron chi connectivity index (χ3n) is 2.92. The van der Waals surface area contributed by atoms with Gasteiger partial charge in [-0.2, -0.15) is 0 Å². The van der Waals surface area contributed by atoms with Crippen LogP contribution in [0.4, 0.5) is 0 Å². The summed E-state index contributed by atoms with van der Waals surface area (Å²) in [6.07, 6.45) is 2.25. The minimum absolute atomic E-state index is 0.322. The predicted molar refractivity (Wildman–Crippen MR) is 78.6 cm³/mol. The van der Waals surface area contributed by atoms with Gasteiger partial charge >= 0.3 is 0 Å². The monoisotopic (exact) mass is 282 g/mol. The van der Waals surface area contributed by atoms with E-state index in [9.17, 15) is 5.11 Å². The van der Waals surface area contributed by atoms with Crippen LogP contribution in [0, 0.1) is 0 Å². The molecule has 1 aromatic heterocycles. The van der Waals surface area contributed by atoms with Gasteiger partial charge in [-0.1, -0.05) is 13.0 Å². The molecule has 0 bridgehead atoms. The first-order valence-electron chi connectivity index (χ1n) is 7.24. The van der Waals surface area contributed by atoms with E-state index in [0.29, 0.717) is 39.5 Å². The summed E-state index contributed by atoms with van der Waals surface area (Å²) in [6, 6.07) is 4.03. The van der Waals surface area contributed by atoms with Gasteiger partial charge < -0.3 is 19.9 Å². The second kappa shape index (κ2) is 10.7. The lowest BCUT2D eigenvalue weighted by molar-refractivity contribution is 0.00640. The van der Waals surface area contributed by atoms with Crippen LogP contribution in [0.5, 0.6) is 0 Å². The summed E-state index contributed by atoms with van der Waals surface area (Å²) in [4.78, 5) is 4.35. The summed E-state index contributed by atoms with van der Waals surface area (Å²) in [7, 11) is 0. The Morgan fingerprint density at radius 2 is 2.10 bits per heavy atom. The Morgan fingerprint density at radius 1 is 1.30 bits per heavy atom. The van der Waals surface area contributed by atoms with Gasteiger partial charge in [-0.15, -0.1) is 0 Å². The predicted octanol–water partition coefficient (Wildman–Crippen LogP) is 1.15. The van der Waals surface area contributed by atoms with Crippen LogP contribution in [0.2, 0.25) is 0 Å². The molecule has 0 aliphatic carbocycles. The van der Waals surface area contributed by atoms with Crippen LogP contribution >= 0.6 is 0 Å². The average Bonchev–Trinajstić information content (AvgIpc) is 2.47. The Balaban J connectivity index is 2.13. The molecule has 1 unspecified atom stereocenters. The van der Waals surface area contributed by atoms with Gasteiger partial charge in [0.15, 0.2) is 0 Å². The Labute approximate surface area is 121 Å². The van der Waals surface area contributed by atoms with E-state index in [1.165, 1.54) is 5.56 Å². The lowest BCUT2D eigenvalue weighted by atomic mass is 10.1. The van der Waals surface area contributed by atoms with Crippen molar-refractivity contribution in [1.82, 2.24) is 10.3 Å². The van der Waals surface area contributed by atoms with E-state index in [2.05, 4.69) is 23.3 Å². The number of hydrogen-bond acceptors (Lipinski definition) is 5. The molecule has 2 N–H and O–H groups in total. The molecule has 1 rings (SSSR count). The Kier molecular flexibility index (Phi) is 9.15. The van der Waals surface area contributed by atoms with E-state index in [4.69, 9.17) is 9.47 Å². The van der Waals surface area contributed by atoms with Crippen molar-refractivity contribution >= 4 is 0 Å². The molecule has 0 fully saturated rings. The third kappa shape index (κ3) is 6.96. The number of rotatable bonds is 11. The van der Waals surface area contributed by atoms with Gasteiger partial charge in [0.2, 0.25) is 0 Å². The minimum atomic E-state index is -0.509. The lowest BCUT2D eigenvalue weighted by Gasteiger charge is -2.13. The van der Waals surface area contributed by atoms with Gasteiger partial charge in [-0.3, -0.25) is 4.98 Å². The highest BCUT2D eigenvalue weighted by atomic mass is 16.5. The molecule has 114 valence electrons. The van der Waals surface area contributed by atoms with Crippen LogP contribution < -0.4 is 5.32 Å². The minimum Gasteiger partial charge on any atom is -0.389 e. The van der Waals surface area contributed by atoms with Crippen LogP contribution in [0.3, 0.4) is 0 Å². The molecule has 0 aromatic carbocycles. The van der Waals surface area contributed by atoms with Gasteiger partial charge in [0.1, 0.15) is 0 Å². The highest BCUT2D eigenvalue weighted by Crippen LogP contribution is 2.05. The van der Waals surface area contributed by atoms with Crippen molar-refractivity contribution in [2.75, 3.05) is 33.0 Å². The molecule has 0 saturated heterocycles. The number of aryl methyl sites for hydroxylation is 1. The molecule has 5 nitrogen and oxygen atoms in total. The number of nitrogens with one attached hydrogen (secondary N) is 1. The summed E-state index contributed by atoms with van der Waals surface area (Å²) in [5.74, 6) is 0. The molecule has 0 aliphatic rings. The largest absolute Gasteiger partial charge is 0.389 e. The van der Waals surface area contributed by atoms with Crippen molar-refractivity contribution in [2.24, 2.45) is 0 Å². The van der Waals surface area contributed by atoms with Crippen LogP contribution in [0.25, 0.3) is 0 Å². The summed E-state index contributed by atoms with van der Waals surface area (Å²) < 4.78 is 10.5. The highest BCUT2D eigenvalue weighted by Gasteiger charge is 2.05. The van der Waals surface area contributed by atoms with Crippen molar-refractivity contribution in [2.45, 2.75) is 32.9 Å². The first-order chi connectivity index (χ1) is 9.77. The van der Waals surface area contributed by atoms with Gasteiger partial charge in [0.05, 0.1) is 31.6 Å². The van der Waals surface area contributed by atoms with Crippen LogP contribution in [-0.4, -0.2) is 49.2 Å². The van der Waals surface area contributed by atoms with Crippen molar-refractivity contribution in [3.05, 3.63) is 29.6 Å². The Hall–Kier alpha value is -1.01. The van der Waals surface area contributed by atoms with E-state index in [1.807, 2.05) is 13.0 Å². The SMILES string of the molecule is CCOCCOCC(O)CNCc1ncccc1CC. The molecule has 0 spiro atoms. The fourth-order valence-electron chi connectivity index (χ4n) is 1.85. The first kappa shape index (κ1) is 17.0. The van der Waals surface area contributed by atoms with Gasteiger partial charge in [0, 0.05) is 25.9 Å². The highest BCUT2D eigenvalue weighted by molar-refractivity contribution is 5.19. The summed E-state index contributed by atoms with van der Waals surface area (Å²) in [5, 5.41) is 13.0. The number of pyridine rings is 1. The molecule has 0 saturated carbocycles.